The highest BCUT2D eigenvalue weighted by Gasteiger charge is 2.20. The van der Waals surface area contributed by atoms with Gasteiger partial charge in [0.1, 0.15) is 0 Å². The maximum absolute atomic E-state index is 12.8. The minimum atomic E-state index is -2.01. The van der Waals surface area contributed by atoms with Gasteiger partial charge in [0.05, 0.1) is 0 Å². The van der Waals surface area contributed by atoms with Crippen LogP contribution in [0.4, 0.5) is 14.5 Å². The molecule has 0 spiro atoms. The Hall–Kier alpha value is -1.14. The Morgan fingerprint density at radius 1 is 1.31 bits per heavy atom. The molecule has 0 saturated carbocycles. The zero-order valence-electron chi connectivity index (χ0n) is 6.88. The maximum Gasteiger partial charge on any atom is 0.491 e. The standard InChI is InChI=1S/C7H8BF2NO2/c1-11-4-2-5(8(12)13)7(10)6(9)3-4/h2-3,11-13H,1H3. The van der Waals surface area contributed by atoms with Crippen molar-refractivity contribution in [2.75, 3.05) is 12.4 Å². The Kier molecular flexibility index (Phi) is 2.85. The number of hydrogen-bond donors (Lipinski definition) is 3. The van der Waals surface area contributed by atoms with Gasteiger partial charge in [-0.15, -0.1) is 0 Å². The van der Waals surface area contributed by atoms with E-state index in [9.17, 15) is 8.78 Å². The summed E-state index contributed by atoms with van der Waals surface area (Å²) in [5, 5.41) is 19.9. The van der Waals surface area contributed by atoms with Gasteiger partial charge >= 0.3 is 7.12 Å². The summed E-state index contributed by atoms with van der Waals surface area (Å²) in [5.74, 6) is -2.36. The van der Waals surface area contributed by atoms with Crippen LogP contribution in [0.2, 0.25) is 0 Å². The molecular weight excluding hydrogens is 179 g/mol. The summed E-state index contributed by atoms with van der Waals surface area (Å²) in [4.78, 5) is 0. The second kappa shape index (κ2) is 3.72. The quantitative estimate of drug-likeness (QED) is 0.556. The van der Waals surface area contributed by atoms with E-state index in [1.807, 2.05) is 0 Å². The first-order valence-corrected chi connectivity index (χ1v) is 3.59. The van der Waals surface area contributed by atoms with E-state index >= 15 is 0 Å². The van der Waals surface area contributed by atoms with E-state index in [4.69, 9.17) is 10.0 Å². The van der Waals surface area contributed by atoms with Gasteiger partial charge in [-0.2, -0.15) is 0 Å². The summed E-state index contributed by atoms with van der Waals surface area (Å²) in [6.07, 6.45) is 0. The largest absolute Gasteiger partial charge is 0.491 e. The summed E-state index contributed by atoms with van der Waals surface area (Å²) in [5.41, 5.74) is -0.202. The normalized spacial score (nSPS) is 9.92. The highest BCUT2D eigenvalue weighted by Crippen LogP contribution is 2.10. The van der Waals surface area contributed by atoms with E-state index in [0.29, 0.717) is 0 Å². The van der Waals surface area contributed by atoms with Crippen LogP contribution in [0.25, 0.3) is 0 Å². The van der Waals surface area contributed by atoms with Crippen molar-refractivity contribution in [3.63, 3.8) is 0 Å². The van der Waals surface area contributed by atoms with Gasteiger partial charge in [-0.25, -0.2) is 8.78 Å². The van der Waals surface area contributed by atoms with Crippen LogP contribution < -0.4 is 10.8 Å². The molecule has 0 aliphatic heterocycles. The van der Waals surface area contributed by atoms with Gasteiger partial charge in [0.2, 0.25) is 0 Å². The SMILES string of the molecule is CNc1cc(F)c(F)c(B(O)O)c1. The summed E-state index contributed by atoms with van der Waals surface area (Å²) >= 11 is 0. The van der Waals surface area contributed by atoms with Gasteiger partial charge in [0, 0.05) is 18.2 Å². The number of hydrogen-bond acceptors (Lipinski definition) is 3. The fourth-order valence-electron chi connectivity index (χ4n) is 0.943. The van der Waals surface area contributed by atoms with E-state index in [1.165, 1.54) is 7.05 Å². The molecule has 0 aliphatic carbocycles. The first-order chi connectivity index (χ1) is 6.06. The predicted octanol–water partition coefficient (Wildman–Crippen LogP) is -0.314. The van der Waals surface area contributed by atoms with E-state index < -0.39 is 24.2 Å². The molecule has 0 aliphatic rings. The van der Waals surface area contributed by atoms with E-state index in [0.717, 1.165) is 12.1 Å². The van der Waals surface area contributed by atoms with Crippen molar-refractivity contribution in [1.82, 2.24) is 0 Å². The third-order valence-corrected chi connectivity index (χ3v) is 1.62. The minimum Gasteiger partial charge on any atom is -0.423 e. The van der Waals surface area contributed by atoms with Crippen molar-refractivity contribution >= 4 is 18.3 Å². The molecule has 0 bridgehead atoms. The number of anilines is 1. The summed E-state index contributed by atoms with van der Waals surface area (Å²) in [6, 6.07) is 2.06. The first kappa shape index (κ1) is 9.95. The van der Waals surface area contributed by atoms with Crippen LogP contribution in [0.15, 0.2) is 12.1 Å². The molecule has 3 nitrogen and oxygen atoms in total. The molecular formula is C7H8BF2NO2. The van der Waals surface area contributed by atoms with E-state index in [-0.39, 0.29) is 5.69 Å². The van der Waals surface area contributed by atoms with Gasteiger partial charge in [0.25, 0.3) is 0 Å². The average molecular weight is 187 g/mol. The minimum absolute atomic E-state index is 0.280. The van der Waals surface area contributed by atoms with Crippen molar-refractivity contribution < 1.29 is 18.8 Å². The van der Waals surface area contributed by atoms with Gasteiger partial charge < -0.3 is 15.4 Å². The predicted molar refractivity (Wildman–Crippen MR) is 45.7 cm³/mol. The summed E-state index contributed by atoms with van der Waals surface area (Å²) in [7, 11) is -0.497. The van der Waals surface area contributed by atoms with Gasteiger partial charge in [-0.05, 0) is 12.1 Å². The molecule has 13 heavy (non-hydrogen) atoms. The molecule has 0 atom stereocenters. The lowest BCUT2D eigenvalue weighted by atomic mass is 9.79. The van der Waals surface area contributed by atoms with Crippen LogP contribution in [-0.4, -0.2) is 24.2 Å². The Morgan fingerprint density at radius 2 is 1.92 bits per heavy atom. The van der Waals surface area contributed by atoms with Crippen molar-refractivity contribution in [2.24, 2.45) is 0 Å². The molecule has 0 fully saturated rings. The Balaban J connectivity index is 3.25. The number of halogens is 2. The van der Waals surface area contributed by atoms with Gasteiger partial charge in [-0.3, -0.25) is 0 Å². The molecule has 0 heterocycles. The monoisotopic (exact) mass is 187 g/mol. The van der Waals surface area contributed by atoms with E-state index in [2.05, 4.69) is 5.32 Å². The van der Waals surface area contributed by atoms with Crippen molar-refractivity contribution in [3.05, 3.63) is 23.8 Å². The van der Waals surface area contributed by atoms with Gasteiger partial charge in [0.15, 0.2) is 11.6 Å². The van der Waals surface area contributed by atoms with Crippen LogP contribution in [0.1, 0.15) is 0 Å². The molecule has 1 aromatic rings. The highest BCUT2D eigenvalue weighted by molar-refractivity contribution is 6.58. The highest BCUT2D eigenvalue weighted by atomic mass is 19.2. The van der Waals surface area contributed by atoms with Crippen LogP contribution in [0, 0.1) is 11.6 Å². The molecule has 0 amide bonds. The molecule has 0 radical (unpaired) electrons. The Bertz CT molecular complexity index is 320. The van der Waals surface area contributed by atoms with Crippen LogP contribution in [-0.2, 0) is 0 Å². The van der Waals surface area contributed by atoms with Crippen molar-refractivity contribution in [1.29, 1.82) is 0 Å². The smallest absolute Gasteiger partial charge is 0.423 e. The van der Waals surface area contributed by atoms with E-state index in [1.54, 1.807) is 0 Å². The Morgan fingerprint density at radius 3 is 2.38 bits per heavy atom. The fraction of sp³-hybridized carbons (Fsp3) is 0.143. The third kappa shape index (κ3) is 1.96. The molecule has 3 N–H and O–H groups in total. The Labute approximate surface area is 74.2 Å². The van der Waals surface area contributed by atoms with Crippen LogP contribution in [0.3, 0.4) is 0 Å². The molecule has 6 heteroatoms. The third-order valence-electron chi connectivity index (χ3n) is 1.62. The van der Waals surface area contributed by atoms with Crippen molar-refractivity contribution in [2.45, 2.75) is 0 Å². The molecule has 0 aromatic heterocycles. The summed E-state index contributed by atoms with van der Waals surface area (Å²) in [6.45, 7) is 0. The number of rotatable bonds is 2. The molecule has 1 aromatic carbocycles. The average Bonchev–Trinajstić information content (AvgIpc) is 2.09. The number of benzene rings is 1. The summed E-state index contributed by atoms with van der Waals surface area (Å²) < 4.78 is 25.6. The lowest BCUT2D eigenvalue weighted by Crippen LogP contribution is -2.33. The zero-order chi connectivity index (χ0) is 10.0. The van der Waals surface area contributed by atoms with Gasteiger partial charge in [-0.1, -0.05) is 0 Å². The molecule has 70 valence electrons. The maximum atomic E-state index is 12.8. The van der Waals surface area contributed by atoms with Crippen LogP contribution in [0.5, 0.6) is 0 Å². The second-order valence-electron chi connectivity index (χ2n) is 2.48. The molecule has 0 unspecified atom stereocenters. The lowest BCUT2D eigenvalue weighted by molar-refractivity contribution is 0.420. The van der Waals surface area contributed by atoms with Crippen molar-refractivity contribution in [3.8, 4) is 0 Å². The molecule has 1 rings (SSSR count). The fourth-order valence-corrected chi connectivity index (χ4v) is 0.943. The first-order valence-electron chi connectivity index (χ1n) is 3.59. The lowest BCUT2D eigenvalue weighted by Gasteiger charge is -2.06. The second-order valence-corrected chi connectivity index (χ2v) is 2.48. The topological polar surface area (TPSA) is 52.5 Å². The molecule has 0 saturated heterocycles. The van der Waals surface area contributed by atoms with Crippen LogP contribution >= 0.6 is 0 Å². The zero-order valence-corrected chi connectivity index (χ0v) is 6.88. The number of nitrogens with one attached hydrogen (secondary N) is 1.